The van der Waals surface area contributed by atoms with Crippen molar-refractivity contribution in [2.45, 2.75) is 20.3 Å². The molecule has 0 aliphatic heterocycles. The molecule has 0 fully saturated rings. The molecule has 0 amide bonds. The molecule has 2 rings (SSSR count). The van der Waals surface area contributed by atoms with Gasteiger partial charge in [0.05, 0.1) is 12.0 Å². The molecule has 0 unspecified atom stereocenters. The van der Waals surface area contributed by atoms with Gasteiger partial charge < -0.3 is 9.47 Å². The fourth-order valence-corrected chi connectivity index (χ4v) is 1.99. The molecule has 21 heavy (non-hydrogen) atoms. The van der Waals surface area contributed by atoms with Crippen molar-refractivity contribution in [1.82, 2.24) is 0 Å². The summed E-state index contributed by atoms with van der Waals surface area (Å²) in [5.74, 6) is 1.23. The van der Waals surface area contributed by atoms with Crippen molar-refractivity contribution in [1.29, 1.82) is 0 Å². The smallest absolute Gasteiger partial charge is 0.311 e. The molecule has 0 bridgehead atoms. The first kappa shape index (κ1) is 14.8. The highest BCUT2D eigenvalue weighted by atomic mass is 16.6. The van der Waals surface area contributed by atoms with E-state index in [1.165, 1.54) is 6.07 Å². The van der Waals surface area contributed by atoms with Crippen LogP contribution in [0.1, 0.15) is 18.1 Å². The summed E-state index contributed by atoms with van der Waals surface area (Å²) in [6.45, 7) is 3.90. The number of hydrogen-bond acceptors (Lipinski definition) is 4. The molecule has 5 nitrogen and oxygen atoms in total. The summed E-state index contributed by atoms with van der Waals surface area (Å²) in [5.41, 5.74) is 1.93. The van der Waals surface area contributed by atoms with Crippen molar-refractivity contribution in [3.63, 3.8) is 0 Å². The standard InChI is InChI=1S/C16H17NO4/c1-4-12-6-8-14(16(10-12)20-3)21-15-9-11(2)5-7-13(15)17(18)19/h5-10H,4H2,1-3H3. The van der Waals surface area contributed by atoms with E-state index >= 15 is 0 Å². The number of nitro groups is 1. The Bertz CT molecular complexity index is 667. The van der Waals surface area contributed by atoms with E-state index in [1.54, 1.807) is 25.3 Å². The normalized spacial score (nSPS) is 10.2. The van der Waals surface area contributed by atoms with Crippen molar-refractivity contribution >= 4 is 5.69 Å². The topological polar surface area (TPSA) is 61.6 Å². The Balaban J connectivity index is 2.42. The van der Waals surface area contributed by atoms with Gasteiger partial charge in [0.15, 0.2) is 11.5 Å². The quantitative estimate of drug-likeness (QED) is 0.608. The van der Waals surface area contributed by atoms with Gasteiger partial charge in [-0.15, -0.1) is 0 Å². The Morgan fingerprint density at radius 3 is 2.48 bits per heavy atom. The number of aryl methyl sites for hydroxylation is 2. The van der Waals surface area contributed by atoms with Crippen molar-refractivity contribution in [2.75, 3.05) is 7.11 Å². The van der Waals surface area contributed by atoms with Gasteiger partial charge in [-0.25, -0.2) is 0 Å². The van der Waals surface area contributed by atoms with Crippen LogP contribution in [0.5, 0.6) is 17.2 Å². The Kier molecular flexibility index (Phi) is 4.42. The second-order valence-corrected chi connectivity index (χ2v) is 4.67. The van der Waals surface area contributed by atoms with E-state index in [0.29, 0.717) is 11.5 Å². The van der Waals surface area contributed by atoms with E-state index in [1.807, 2.05) is 26.0 Å². The lowest BCUT2D eigenvalue weighted by atomic mass is 10.1. The van der Waals surface area contributed by atoms with Crippen LogP contribution in [0.25, 0.3) is 0 Å². The second-order valence-electron chi connectivity index (χ2n) is 4.67. The Morgan fingerprint density at radius 1 is 1.10 bits per heavy atom. The molecule has 0 aliphatic rings. The maximum absolute atomic E-state index is 11.1. The van der Waals surface area contributed by atoms with Crippen LogP contribution in [0.2, 0.25) is 0 Å². The van der Waals surface area contributed by atoms with Crippen LogP contribution in [0.4, 0.5) is 5.69 Å². The average molecular weight is 287 g/mol. The molecular formula is C16H17NO4. The average Bonchev–Trinajstić information content (AvgIpc) is 2.47. The molecule has 0 radical (unpaired) electrons. The summed E-state index contributed by atoms with van der Waals surface area (Å²) in [6, 6.07) is 10.3. The van der Waals surface area contributed by atoms with Crippen LogP contribution >= 0.6 is 0 Å². The zero-order valence-corrected chi connectivity index (χ0v) is 12.3. The van der Waals surface area contributed by atoms with Gasteiger partial charge in [0, 0.05) is 6.07 Å². The maximum Gasteiger partial charge on any atom is 0.311 e. The maximum atomic E-state index is 11.1. The van der Waals surface area contributed by atoms with Crippen LogP contribution in [-0.4, -0.2) is 12.0 Å². The van der Waals surface area contributed by atoms with Gasteiger partial charge in [-0.1, -0.05) is 19.1 Å². The van der Waals surface area contributed by atoms with Gasteiger partial charge in [0.1, 0.15) is 0 Å². The predicted molar refractivity (Wildman–Crippen MR) is 80.3 cm³/mol. The zero-order chi connectivity index (χ0) is 15.4. The van der Waals surface area contributed by atoms with E-state index in [9.17, 15) is 10.1 Å². The first-order chi connectivity index (χ1) is 10.0. The van der Waals surface area contributed by atoms with E-state index in [2.05, 4.69) is 0 Å². The summed E-state index contributed by atoms with van der Waals surface area (Å²) in [7, 11) is 1.55. The molecule has 0 aliphatic carbocycles. The Labute approximate surface area is 123 Å². The lowest BCUT2D eigenvalue weighted by molar-refractivity contribution is -0.385. The van der Waals surface area contributed by atoms with Gasteiger partial charge >= 0.3 is 5.69 Å². The highest BCUT2D eigenvalue weighted by molar-refractivity contribution is 5.53. The summed E-state index contributed by atoms with van der Waals surface area (Å²) >= 11 is 0. The van der Waals surface area contributed by atoms with Gasteiger partial charge in [0.25, 0.3) is 0 Å². The summed E-state index contributed by atoms with van der Waals surface area (Å²) < 4.78 is 11.0. The minimum atomic E-state index is -0.457. The molecule has 0 aromatic heterocycles. The second kappa shape index (κ2) is 6.26. The van der Waals surface area contributed by atoms with Gasteiger partial charge in [-0.3, -0.25) is 10.1 Å². The van der Waals surface area contributed by atoms with Gasteiger partial charge in [-0.05, 0) is 42.7 Å². The number of ether oxygens (including phenoxy) is 2. The van der Waals surface area contributed by atoms with Gasteiger partial charge in [-0.2, -0.15) is 0 Å². The van der Waals surface area contributed by atoms with Crippen molar-refractivity contribution < 1.29 is 14.4 Å². The fraction of sp³-hybridized carbons (Fsp3) is 0.250. The van der Waals surface area contributed by atoms with Crippen molar-refractivity contribution in [2.24, 2.45) is 0 Å². The number of rotatable bonds is 5. The fourth-order valence-electron chi connectivity index (χ4n) is 1.99. The van der Waals surface area contributed by atoms with E-state index in [-0.39, 0.29) is 11.4 Å². The van der Waals surface area contributed by atoms with Crippen LogP contribution in [-0.2, 0) is 6.42 Å². The molecule has 0 atom stereocenters. The number of nitro benzene ring substituents is 1. The predicted octanol–water partition coefficient (Wildman–Crippen LogP) is 4.27. The Morgan fingerprint density at radius 2 is 1.86 bits per heavy atom. The molecule has 0 N–H and O–H groups in total. The van der Waals surface area contributed by atoms with Gasteiger partial charge in [0.2, 0.25) is 5.75 Å². The van der Waals surface area contributed by atoms with E-state index in [0.717, 1.165) is 17.5 Å². The lowest BCUT2D eigenvalue weighted by Crippen LogP contribution is -1.96. The molecule has 0 saturated heterocycles. The Hall–Kier alpha value is -2.56. The summed E-state index contributed by atoms with van der Waals surface area (Å²) in [6.07, 6.45) is 0.876. The molecule has 2 aromatic rings. The monoisotopic (exact) mass is 287 g/mol. The highest BCUT2D eigenvalue weighted by Crippen LogP contribution is 2.37. The van der Waals surface area contributed by atoms with Crippen LogP contribution in [0.3, 0.4) is 0 Å². The largest absolute Gasteiger partial charge is 0.493 e. The molecule has 0 spiro atoms. The SMILES string of the molecule is CCc1ccc(Oc2cc(C)ccc2[N+](=O)[O-])c(OC)c1. The number of hydrogen-bond donors (Lipinski definition) is 0. The number of benzene rings is 2. The molecule has 2 aromatic carbocycles. The van der Waals surface area contributed by atoms with Crippen molar-refractivity contribution in [3.8, 4) is 17.2 Å². The summed E-state index contributed by atoms with van der Waals surface area (Å²) in [4.78, 5) is 10.6. The lowest BCUT2D eigenvalue weighted by Gasteiger charge is -2.12. The summed E-state index contributed by atoms with van der Waals surface area (Å²) in [5, 5.41) is 11.1. The minimum absolute atomic E-state index is 0.0674. The molecule has 0 heterocycles. The van der Waals surface area contributed by atoms with Crippen LogP contribution < -0.4 is 9.47 Å². The minimum Gasteiger partial charge on any atom is -0.493 e. The van der Waals surface area contributed by atoms with Crippen LogP contribution in [0, 0.1) is 17.0 Å². The number of methoxy groups -OCH3 is 1. The molecule has 5 heteroatoms. The van der Waals surface area contributed by atoms with E-state index < -0.39 is 4.92 Å². The molecule has 0 saturated carbocycles. The third kappa shape index (κ3) is 3.31. The van der Waals surface area contributed by atoms with Crippen molar-refractivity contribution in [3.05, 3.63) is 57.6 Å². The zero-order valence-electron chi connectivity index (χ0n) is 12.3. The van der Waals surface area contributed by atoms with Crippen LogP contribution in [0.15, 0.2) is 36.4 Å². The first-order valence-electron chi connectivity index (χ1n) is 6.65. The van der Waals surface area contributed by atoms with E-state index in [4.69, 9.17) is 9.47 Å². The third-order valence-electron chi connectivity index (χ3n) is 3.17. The highest BCUT2D eigenvalue weighted by Gasteiger charge is 2.17. The molecular weight excluding hydrogens is 270 g/mol. The third-order valence-corrected chi connectivity index (χ3v) is 3.17. The number of nitrogens with zero attached hydrogens (tertiary/aromatic N) is 1. The molecule has 110 valence electrons. The first-order valence-corrected chi connectivity index (χ1v) is 6.65.